The highest BCUT2D eigenvalue weighted by molar-refractivity contribution is 5.91. The molecule has 1 aromatic rings. The van der Waals surface area contributed by atoms with Crippen LogP contribution in [0, 0.1) is 17.8 Å². The normalized spacial score (nSPS) is 26.9. The first kappa shape index (κ1) is 14.4. The Morgan fingerprint density at radius 1 is 1.38 bits per heavy atom. The lowest BCUT2D eigenvalue weighted by Gasteiger charge is -2.21. The van der Waals surface area contributed by atoms with Crippen LogP contribution in [-0.2, 0) is 11.4 Å². The van der Waals surface area contributed by atoms with Crippen molar-refractivity contribution in [2.75, 3.05) is 12.4 Å². The number of hydrogen-bond donors (Lipinski definition) is 2. The molecule has 3 atom stereocenters. The van der Waals surface area contributed by atoms with Gasteiger partial charge in [0.15, 0.2) is 0 Å². The summed E-state index contributed by atoms with van der Waals surface area (Å²) in [6, 6.07) is 5.37. The first-order valence-corrected chi connectivity index (χ1v) is 7.77. The van der Waals surface area contributed by atoms with Crippen molar-refractivity contribution in [3.63, 3.8) is 0 Å². The maximum atomic E-state index is 12.2. The van der Waals surface area contributed by atoms with Crippen molar-refractivity contribution in [1.82, 2.24) is 0 Å². The number of aliphatic hydroxyl groups is 1. The predicted octanol–water partition coefficient (Wildman–Crippen LogP) is 2.95. The van der Waals surface area contributed by atoms with Crippen LogP contribution in [0.15, 0.2) is 18.2 Å². The fourth-order valence-electron chi connectivity index (χ4n) is 4.06. The van der Waals surface area contributed by atoms with E-state index in [-0.39, 0.29) is 12.5 Å². The van der Waals surface area contributed by atoms with Crippen LogP contribution in [-0.4, -0.2) is 18.1 Å². The smallest absolute Gasteiger partial charge is 0.224 e. The molecule has 0 aromatic heterocycles. The fraction of sp³-hybridized carbons (Fsp3) is 0.588. The highest BCUT2D eigenvalue weighted by Crippen LogP contribution is 2.49. The zero-order valence-electron chi connectivity index (χ0n) is 12.5. The Morgan fingerprint density at radius 3 is 2.86 bits per heavy atom. The van der Waals surface area contributed by atoms with E-state index >= 15 is 0 Å². The summed E-state index contributed by atoms with van der Waals surface area (Å²) in [6.07, 6.45) is 5.85. The number of nitrogens with one attached hydrogen (secondary N) is 1. The van der Waals surface area contributed by atoms with Gasteiger partial charge in [0.1, 0.15) is 5.75 Å². The third kappa shape index (κ3) is 3.05. The largest absolute Gasteiger partial charge is 0.496 e. The van der Waals surface area contributed by atoms with Crippen LogP contribution in [0.3, 0.4) is 0 Å². The highest BCUT2D eigenvalue weighted by Gasteiger charge is 2.40. The number of carbonyl (C=O) groups is 1. The van der Waals surface area contributed by atoms with E-state index in [4.69, 9.17) is 4.74 Å². The van der Waals surface area contributed by atoms with Crippen molar-refractivity contribution in [2.45, 2.75) is 38.7 Å². The first-order valence-electron chi connectivity index (χ1n) is 7.77. The molecule has 0 saturated heterocycles. The summed E-state index contributed by atoms with van der Waals surface area (Å²) in [5.74, 6) is 2.93. The average Bonchev–Trinajstić information content (AvgIpc) is 3.09. The third-order valence-corrected chi connectivity index (χ3v) is 5.07. The Morgan fingerprint density at radius 2 is 2.24 bits per heavy atom. The maximum absolute atomic E-state index is 12.2. The molecule has 3 unspecified atom stereocenters. The fourth-order valence-corrected chi connectivity index (χ4v) is 4.06. The molecule has 0 aliphatic heterocycles. The molecule has 2 aliphatic rings. The molecule has 2 fully saturated rings. The van der Waals surface area contributed by atoms with Crippen molar-refractivity contribution in [2.24, 2.45) is 17.8 Å². The molecular formula is C17H23NO3. The number of anilines is 1. The Balaban J connectivity index is 1.59. The summed E-state index contributed by atoms with van der Waals surface area (Å²) in [7, 11) is 1.57. The van der Waals surface area contributed by atoms with Gasteiger partial charge in [-0.3, -0.25) is 4.79 Å². The quantitative estimate of drug-likeness (QED) is 0.876. The van der Waals surface area contributed by atoms with Gasteiger partial charge < -0.3 is 15.2 Å². The Hall–Kier alpha value is -1.55. The van der Waals surface area contributed by atoms with Crippen LogP contribution in [0.1, 0.15) is 37.7 Å². The van der Waals surface area contributed by atoms with Gasteiger partial charge in [-0.05, 0) is 55.2 Å². The molecule has 114 valence electrons. The number of hydrogen-bond acceptors (Lipinski definition) is 3. The van der Waals surface area contributed by atoms with E-state index in [1.807, 2.05) is 6.07 Å². The Labute approximate surface area is 125 Å². The van der Waals surface area contributed by atoms with Gasteiger partial charge in [-0.1, -0.05) is 6.42 Å². The molecule has 2 N–H and O–H groups in total. The summed E-state index contributed by atoms with van der Waals surface area (Å²) >= 11 is 0. The SMILES string of the molecule is COc1ccc(NC(=O)CC2CC3CCC2C3)cc1CO. The van der Waals surface area contributed by atoms with Crippen molar-refractivity contribution < 1.29 is 14.6 Å². The van der Waals surface area contributed by atoms with Gasteiger partial charge >= 0.3 is 0 Å². The Kier molecular flexibility index (Phi) is 4.15. The summed E-state index contributed by atoms with van der Waals surface area (Å²) < 4.78 is 5.16. The number of carbonyl (C=O) groups excluding carboxylic acids is 1. The maximum Gasteiger partial charge on any atom is 0.224 e. The molecule has 0 radical (unpaired) electrons. The van der Waals surface area contributed by atoms with Crippen molar-refractivity contribution in [1.29, 1.82) is 0 Å². The molecule has 2 aliphatic carbocycles. The zero-order valence-corrected chi connectivity index (χ0v) is 12.5. The Bertz CT molecular complexity index is 529. The monoisotopic (exact) mass is 289 g/mol. The number of aliphatic hydroxyl groups excluding tert-OH is 1. The molecule has 0 spiro atoms. The summed E-state index contributed by atoms with van der Waals surface area (Å²) in [6.45, 7) is -0.0980. The van der Waals surface area contributed by atoms with Crippen LogP contribution in [0.5, 0.6) is 5.75 Å². The standard InChI is InChI=1S/C17H23NO3/c1-21-16-5-4-15(8-14(16)10-19)18-17(20)9-13-7-11-2-3-12(13)6-11/h4-5,8,11-13,19H,2-3,6-7,9-10H2,1H3,(H,18,20). The van der Waals surface area contributed by atoms with Crippen LogP contribution in [0.4, 0.5) is 5.69 Å². The van der Waals surface area contributed by atoms with Gasteiger partial charge in [0.2, 0.25) is 5.91 Å². The van der Waals surface area contributed by atoms with Gasteiger partial charge in [-0.2, -0.15) is 0 Å². The zero-order chi connectivity index (χ0) is 14.8. The molecule has 0 heterocycles. The number of fused-ring (bicyclic) bond motifs is 2. The molecule has 2 saturated carbocycles. The molecule has 4 heteroatoms. The summed E-state index contributed by atoms with van der Waals surface area (Å²) in [4.78, 5) is 12.2. The molecule has 1 aromatic carbocycles. The molecule has 2 bridgehead atoms. The predicted molar refractivity (Wildman–Crippen MR) is 81.1 cm³/mol. The van der Waals surface area contributed by atoms with E-state index < -0.39 is 0 Å². The number of amides is 1. The van der Waals surface area contributed by atoms with E-state index in [9.17, 15) is 9.90 Å². The van der Waals surface area contributed by atoms with Gasteiger partial charge in [0, 0.05) is 17.7 Å². The lowest BCUT2D eigenvalue weighted by molar-refractivity contribution is -0.117. The van der Waals surface area contributed by atoms with E-state index in [0.29, 0.717) is 23.7 Å². The summed E-state index contributed by atoms with van der Waals surface area (Å²) in [5, 5.41) is 12.3. The summed E-state index contributed by atoms with van der Waals surface area (Å²) in [5.41, 5.74) is 1.42. The van der Waals surface area contributed by atoms with Gasteiger partial charge in [0.25, 0.3) is 0 Å². The topological polar surface area (TPSA) is 58.6 Å². The third-order valence-electron chi connectivity index (χ3n) is 5.07. The minimum atomic E-state index is -0.0980. The van der Waals surface area contributed by atoms with E-state index in [2.05, 4.69) is 5.32 Å². The highest BCUT2D eigenvalue weighted by atomic mass is 16.5. The van der Waals surface area contributed by atoms with Crippen LogP contribution in [0.2, 0.25) is 0 Å². The van der Waals surface area contributed by atoms with Crippen LogP contribution < -0.4 is 10.1 Å². The van der Waals surface area contributed by atoms with Crippen molar-refractivity contribution in [3.8, 4) is 5.75 Å². The molecular weight excluding hydrogens is 266 g/mol. The number of benzene rings is 1. The minimum absolute atomic E-state index is 0.0848. The lowest BCUT2D eigenvalue weighted by Crippen LogP contribution is -2.20. The second-order valence-electron chi connectivity index (χ2n) is 6.37. The van der Waals surface area contributed by atoms with E-state index in [1.54, 1.807) is 19.2 Å². The van der Waals surface area contributed by atoms with Gasteiger partial charge in [0.05, 0.1) is 13.7 Å². The van der Waals surface area contributed by atoms with Crippen molar-refractivity contribution in [3.05, 3.63) is 23.8 Å². The first-order chi connectivity index (χ1) is 10.2. The molecule has 3 rings (SSSR count). The van der Waals surface area contributed by atoms with Crippen LogP contribution >= 0.6 is 0 Å². The van der Waals surface area contributed by atoms with Gasteiger partial charge in [-0.15, -0.1) is 0 Å². The average molecular weight is 289 g/mol. The minimum Gasteiger partial charge on any atom is -0.496 e. The second kappa shape index (κ2) is 6.06. The van der Waals surface area contributed by atoms with Crippen molar-refractivity contribution >= 4 is 11.6 Å². The molecule has 1 amide bonds. The number of methoxy groups -OCH3 is 1. The molecule has 4 nitrogen and oxygen atoms in total. The van der Waals surface area contributed by atoms with Crippen LogP contribution in [0.25, 0.3) is 0 Å². The number of rotatable bonds is 5. The van der Waals surface area contributed by atoms with Gasteiger partial charge in [-0.25, -0.2) is 0 Å². The second-order valence-corrected chi connectivity index (χ2v) is 6.37. The molecule has 21 heavy (non-hydrogen) atoms. The van der Waals surface area contributed by atoms with E-state index in [1.165, 1.54) is 25.7 Å². The van der Waals surface area contributed by atoms with E-state index in [0.717, 1.165) is 17.5 Å². The lowest BCUT2D eigenvalue weighted by atomic mass is 9.86. The number of ether oxygens (including phenoxy) is 1.